The van der Waals surface area contributed by atoms with Crippen LogP contribution >= 0.6 is 0 Å². The summed E-state index contributed by atoms with van der Waals surface area (Å²) in [6.07, 6.45) is 3.29. The molecule has 0 N–H and O–H groups in total. The Kier molecular flexibility index (Phi) is 5.96. The van der Waals surface area contributed by atoms with Gasteiger partial charge in [-0.15, -0.1) is 0 Å². The molecule has 148 valence electrons. The maximum Gasteiger partial charge on any atom is 0.223 e. The molecule has 0 unspecified atom stereocenters. The third-order valence-electron chi connectivity index (χ3n) is 6.04. The average Bonchev–Trinajstić information content (AvgIpc) is 3.57. The predicted octanol–water partition coefficient (Wildman–Crippen LogP) is 3.77. The van der Waals surface area contributed by atoms with Crippen molar-refractivity contribution in [2.45, 2.75) is 25.2 Å². The number of carbonyl (C=O) groups excluding carboxylic acids is 1. The largest absolute Gasteiger partial charge is 0.497 e. The Morgan fingerprint density at radius 1 is 0.964 bits per heavy atom. The van der Waals surface area contributed by atoms with E-state index in [0.717, 1.165) is 43.4 Å². The summed E-state index contributed by atoms with van der Waals surface area (Å²) in [6.45, 7) is 4.97. The second-order valence-corrected chi connectivity index (χ2v) is 8.07. The minimum atomic E-state index is 0.0732. The molecule has 1 heterocycles. The van der Waals surface area contributed by atoms with E-state index in [4.69, 9.17) is 4.74 Å². The van der Waals surface area contributed by atoms with Gasteiger partial charge in [-0.2, -0.15) is 0 Å². The van der Waals surface area contributed by atoms with E-state index in [2.05, 4.69) is 34.1 Å². The third-order valence-corrected chi connectivity index (χ3v) is 6.04. The van der Waals surface area contributed by atoms with Crippen LogP contribution in [0.25, 0.3) is 0 Å². The first kappa shape index (κ1) is 19.0. The normalized spacial score (nSPS) is 18.7. The molecule has 0 spiro atoms. The first-order valence-electron chi connectivity index (χ1n) is 10.4. The molecule has 28 heavy (non-hydrogen) atoms. The van der Waals surface area contributed by atoms with E-state index in [1.54, 1.807) is 7.11 Å². The summed E-state index contributed by atoms with van der Waals surface area (Å²) in [7, 11) is 1.68. The molecule has 4 rings (SSSR count). The van der Waals surface area contributed by atoms with Gasteiger partial charge in [0, 0.05) is 45.1 Å². The van der Waals surface area contributed by atoms with Crippen molar-refractivity contribution in [3.63, 3.8) is 0 Å². The quantitative estimate of drug-likeness (QED) is 0.735. The topological polar surface area (TPSA) is 32.8 Å². The van der Waals surface area contributed by atoms with E-state index in [1.165, 1.54) is 24.9 Å². The Labute approximate surface area is 168 Å². The number of methoxy groups -OCH3 is 1. The Morgan fingerprint density at radius 2 is 1.61 bits per heavy atom. The average molecular weight is 379 g/mol. The molecule has 1 amide bonds. The highest BCUT2D eigenvalue weighted by Crippen LogP contribution is 2.31. The van der Waals surface area contributed by atoms with Crippen molar-refractivity contribution in [1.82, 2.24) is 9.80 Å². The number of hydrogen-bond acceptors (Lipinski definition) is 3. The standard InChI is InChI=1S/C24H30N2O2/c1-28-22-11-9-21(10-12-22)23(20-5-3-2-4-6-20)17-24(27)26-15-13-25(14-16-26)18-19-7-8-19/h2-6,9-12,19,23H,7-8,13-18H2,1H3/t23-/m0/s1. The molecule has 1 aliphatic carbocycles. The molecule has 1 saturated heterocycles. The molecule has 2 aliphatic rings. The molecular weight excluding hydrogens is 348 g/mol. The van der Waals surface area contributed by atoms with Gasteiger partial charge in [0.2, 0.25) is 5.91 Å². The molecule has 2 aromatic carbocycles. The number of hydrogen-bond donors (Lipinski definition) is 0. The van der Waals surface area contributed by atoms with Crippen molar-refractivity contribution in [1.29, 1.82) is 0 Å². The smallest absolute Gasteiger partial charge is 0.223 e. The van der Waals surface area contributed by atoms with E-state index >= 15 is 0 Å². The summed E-state index contributed by atoms with van der Waals surface area (Å²) < 4.78 is 5.29. The Morgan fingerprint density at radius 3 is 2.21 bits per heavy atom. The van der Waals surface area contributed by atoms with Crippen molar-refractivity contribution in [2.24, 2.45) is 5.92 Å². The van der Waals surface area contributed by atoms with E-state index in [-0.39, 0.29) is 11.8 Å². The Hall–Kier alpha value is -2.33. The van der Waals surface area contributed by atoms with Crippen LogP contribution in [0.2, 0.25) is 0 Å². The second-order valence-electron chi connectivity index (χ2n) is 8.07. The van der Waals surface area contributed by atoms with Gasteiger partial charge in [0.15, 0.2) is 0 Å². The molecule has 1 saturated carbocycles. The van der Waals surface area contributed by atoms with Gasteiger partial charge in [0.25, 0.3) is 0 Å². The van der Waals surface area contributed by atoms with Crippen molar-refractivity contribution < 1.29 is 9.53 Å². The number of rotatable bonds is 7. The lowest BCUT2D eigenvalue weighted by molar-refractivity contribution is -0.133. The summed E-state index contributed by atoms with van der Waals surface area (Å²) in [5.41, 5.74) is 2.35. The maximum atomic E-state index is 13.1. The number of amides is 1. The summed E-state index contributed by atoms with van der Waals surface area (Å²) in [6, 6.07) is 18.5. The molecule has 2 fully saturated rings. The highest BCUT2D eigenvalue weighted by Gasteiger charge is 2.28. The highest BCUT2D eigenvalue weighted by atomic mass is 16.5. The van der Waals surface area contributed by atoms with Crippen LogP contribution < -0.4 is 4.74 Å². The number of carbonyl (C=O) groups is 1. The van der Waals surface area contributed by atoms with Gasteiger partial charge in [-0.3, -0.25) is 9.69 Å². The van der Waals surface area contributed by atoms with E-state index < -0.39 is 0 Å². The molecule has 1 aliphatic heterocycles. The van der Waals surface area contributed by atoms with Gasteiger partial charge < -0.3 is 9.64 Å². The molecule has 0 bridgehead atoms. The van der Waals surface area contributed by atoms with Gasteiger partial charge in [-0.25, -0.2) is 0 Å². The van der Waals surface area contributed by atoms with E-state index in [0.29, 0.717) is 6.42 Å². The first-order chi connectivity index (χ1) is 13.7. The fourth-order valence-electron chi connectivity index (χ4n) is 4.10. The zero-order valence-corrected chi connectivity index (χ0v) is 16.7. The molecule has 4 nitrogen and oxygen atoms in total. The third kappa shape index (κ3) is 4.74. The Bertz CT molecular complexity index is 763. The fourth-order valence-corrected chi connectivity index (χ4v) is 4.10. The zero-order chi connectivity index (χ0) is 19.3. The number of piperazine rings is 1. The van der Waals surface area contributed by atoms with Crippen LogP contribution in [-0.4, -0.2) is 55.5 Å². The van der Waals surface area contributed by atoms with E-state index in [1.807, 2.05) is 30.3 Å². The molecule has 0 aromatic heterocycles. The van der Waals surface area contributed by atoms with Gasteiger partial charge in [-0.05, 0) is 42.0 Å². The molecule has 0 radical (unpaired) electrons. The molecule has 2 aromatic rings. The summed E-state index contributed by atoms with van der Waals surface area (Å²) in [5, 5.41) is 0. The summed E-state index contributed by atoms with van der Waals surface area (Å²) in [5.74, 6) is 2.09. The lowest BCUT2D eigenvalue weighted by atomic mass is 9.88. The highest BCUT2D eigenvalue weighted by molar-refractivity contribution is 5.78. The van der Waals surface area contributed by atoms with Gasteiger partial charge >= 0.3 is 0 Å². The van der Waals surface area contributed by atoms with Crippen molar-refractivity contribution >= 4 is 5.91 Å². The van der Waals surface area contributed by atoms with Gasteiger partial charge in [0.1, 0.15) is 5.75 Å². The van der Waals surface area contributed by atoms with E-state index in [9.17, 15) is 4.79 Å². The van der Waals surface area contributed by atoms with Crippen LogP contribution in [0, 0.1) is 5.92 Å². The molecule has 4 heteroatoms. The number of benzene rings is 2. The Balaban J connectivity index is 1.43. The fraction of sp³-hybridized carbons (Fsp3) is 0.458. The van der Waals surface area contributed by atoms with Crippen LogP contribution in [0.1, 0.15) is 36.3 Å². The molecular formula is C24H30N2O2. The minimum absolute atomic E-state index is 0.0732. The van der Waals surface area contributed by atoms with Gasteiger partial charge in [0.05, 0.1) is 7.11 Å². The van der Waals surface area contributed by atoms with Crippen LogP contribution in [0.15, 0.2) is 54.6 Å². The van der Waals surface area contributed by atoms with Crippen LogP contribution in [0.4, 0.5) is 0 Å². The van der Waals surface area contributed by atoms with Crippen molar-refractivity contribution in [3.8, 4) is 5.75 Å². The van der Waals surface area contributed by atoms with Crippen LogP contribution in [0.3, 0.4) is 0 Å². The summed E-state index contributed by atoms with van der Waals surface area (Å²) in [4.78, 5) is 17.7. The monoisotopic (exact) mass is 378 g/mol. The first-order valence-corrected chi connectivity index (χ1v) is 10.4. The maximum absolute atomic E-state index is 13.1. The van der Waals surface area contributed by atoms with Gasteiger partial charge in [-0.1, -0.05) is 42.5 Å². The molecule has 1 atom stereocenters. The SMILES string of the molecule is COc1ccc([C@@H](CC(=O)N2CCN(CC3CC3)CC2)c2ccccc2)cc1. The predicted molar refractivity (Wildman–Crippen MR) is 112 cm³/mol. The lowest BCUT2D eigenvalue weighted by Crippen LogP contribution is -2.49. The lowest BCUT2D eigenvalue weighted by Gasteiger charge is -2.35. The number of ether oxygens (including phenoxy) is 1. The van der Waals surface area contributed by atoms with Crippen molar-refractivity contribution in [3.05, 3.63) is 65.7 Å². The zero-order valence-electron chi connectivity index (χ0n) is 16.7. The second kappa shape index (κ2) is 8.78. The minimum Gasteiger partial charge on any atom is -0.497 e. The van der Waals surface area contributed by atoms with Crippen LogP contribution in [0.5, 0.6) is 5.75 Å². The number of nitrogens with zero attached hydrogens (tertiary/aromatic N) is 2. The summed E-state index contributed by atoms with van der Waals surface area (Å²) >= 11 is 0. The van der Waals surface area contributed by atoms with Crippen LogP contribution in [-0.2, 0) is 4.79 Å². The van der Waals surface area contributed by atoms with Crippen molar-refractivity contribution in [2.75, 3.05) is 39.8 Å².